The molecule has 0 aliphatic rings. The zero-order valence-corrected chi connectivity index (χ0v) is 17.9. The molecule has 6 heteroatoms. The van der Waals surface area contributed by atoms with Crippen molar-refractivity contribution in [3.63, 3.8) is 0 Å². The number of hydrogen-bond donors (Lipinski definition) is 1. The number of nitrogens with one attached hydrogen (secondary N) is 1. The molecular formula is C26H22N4O2. The number of amides is 1. The zero-order chi connectivity index (χ0) is 22.1. The maximum absolute atomic E-state index is 12.8. The van der Waals surface area contributed by atoms with Crippen molar-refractivity contribution >= 4 is 33.4 Å². The molecule has 6 nitrogen and oxygen atoms in total. The van der Waals surface area contributed by atoms with Gasteiger partial charge in [0.2, 0.25) is 0 Å². The Labute approximate surface area is 185 Å². The topological polar surface area (TPSA) is 69.0 Å². The number of rotatable bonds is 5. The summed E-state index contributed by atoms with van der Waals surface area (Å²) in [7, 11) is 0. The first kappa shape index (κ1) is 19.8. The van der Waals surface area contributed by atoms with E-state index in [9.17, 15) is 4.79 Å². The summed E-state index contributed by atoms with van der Waals surface area (Å²) >= 11 is 0. The number of aromatic nitrogens is 3. The summed E-state index contributed by atoms with van der Waals surface area (Å²) in [5, 5.41) is 14.6. The lowest BCUT2D eigenvalue weighted by Gasteiger charge is -2.09. The monoisotopic (exact) mass is 422 g/mol. The third-order valence-electron chi connectivity index (χ3n) is 5.36. The predicted molar refractivity (Wildman–Crippen MR) is 127 cm³/mol. The SMILES string of the molecule is CCOc1cccc(C(=O)Nc2cc3nn(-c4cccc5ccccc45)nc3cc2C)c1. The van der Waals surface area contributed by atoms with Crippen LogP contribution >= 0.6 is 0 Å². The minimum atomic E-state index is -0.199. The molecule has 1 N–H and O–H groups in total. The fourth-order valence-electron chi connectivity index (χ4n) is 3.78. The molecular weight excluding hydrogens is 400 g/mol. The minimum Gasteiger partial charge on any atom is -0.494 e. The van der Waals surface area contributed by atoms with Gasteiger partial charge >= 0.3 is 0 Å². The Morgan fingerprint density at radius 3 is 2.53 bits per heavy atom. The third kappa shape index (κ3) is 3.67. The highest BCUT2D eigenvalue weighted by atomic mass is 16.5. The number of carbonyl (C=O) groups excluding carboxylic acids is 1. The largest absolute Gasteiger partial charge is 0.494 e. The van der Waals surface area contributed by atoms with Gasteiger partial charge in [-0.15, -0.1) is 15.0 Å². The number of anilines is 1. The molecule has 0 saturated carbocycles. The molecule has 0 aliphatic heterocycles. The first-order valence-electron chi connectivity index (χ1n) is 10.5. The van der Waals surface area contributed by atoms with Gasteiger partial charge in [-0.1, -0.05) is 42.5 Å². The summed E-state index contributed by atoms with van der Waals surface area (Å²) in [5.41, 5.74) is 4.55. The fourth-order valence-corrected chi connectivity index (χ4v) is 3.78. The Morgan fingerprint density at radius 2 is 1.69 bits per heavy atom. The molecule has 0 aliphatic carbocycles. The van der Waals surface area contributed by atoms with Gasteiger partial charge in [-0.25, -0.2) is 0 Å². The van der Waals surface area contributed by atoms with E-state index in [4.69, 9.17) is 4.74 Å². The first-order chi connectivity index (χ1) is 15.6. The average Bonchev–Trinajstić information content (AvgIpc) is 3.21. The number of benzene rings is 4. The van der Waals surface area contributed by atoms with Crippen LogP contribution in [0.5, 0.6) is 5.75 Å². The van der Waals surface area contributed by atoms with Gasteiger partial charge in [-0.3, -0.25) is 4.79 Å². The van der Waals surface area contributed by atoms with Gasteiger partial charge < -0.3 is 10.1 Å². The molecule has 0 saturated heterocycles. The van der Waals surface area contributed by atoms with Crippen LogP contribution in [-0.2, 0) is 0 Å². The molecule has 0 radical (unpaired) electrons. The van der Waals surface area contributed by atoms with Gasteiger partial charge in [0, 0.05) is 16.6 Å². The van der Waals surface area contributed by atoms with Gasteiger partial charge in [0.1, 0.15) is 16.8 Å². The normalized spacial score (nSPS) is 11.1. The molecule has 0 fully saturated rings. The molecule has 1 heterocycles. The molecule has 0 bridgehead atoms. The van der Waals surface area contributed by atoms with Crippen LogP contribution in [0.15, 0.2) is 78.9 Å². The van der Waals surface area contributed by atoms with Crippen molar-refractivity contribution in [1.29, 1.82) is 0 Å². The van der Waals surface area contributed by atoms with E-state index < -0.39 is 0 Å². The number of carbonyl (C=O) groups is 1. The molecule has 5 rings (SSSR count). The molecule has 158 valence electrons. The highest BCUT2D eigenvalue weighted by Gasteiger charge is 2.13. The van der Waals surface area contributed by atoms with Crippen LogP contribution in [0.4, 0.5) is 5.69 Å². The van der Waals surface area contributed by atoms with Crippen LogP contribution in [-0.4, -0.2) is 27.5 Å². The predicted octanol–water partition coefficient (Wildman–Crippen LogP) is 5.53. The van der Waals surface area contributed by atoms with Crippen molar-refractivity contribution in [3.05, 3.63) is 90.0 Å². The second-order valence-corrected chi connectivity index (χ2v) is 7.56. The van der Waals surface area contributed by atoms with Gasteiger partial charge in [0.25, 0.3) is 5.91 Å². The van der Waals surface area contributed by atoms with Crippen LogP contribution < -0.4 is 10.1 Å². The number of hydrogen-bond acceptors (Lipinski definition) is 4. The Balaban J connectivity index is 1.49. The fraction of sp³-hybridized carbons (Fsp3) is 0.115. The van der Waals surface area contributed by atoms with Crippen molar-refractivity contribution in [1.82, 2.24) is 15.0 Å². The maximum atomic E-state index is 12.8. The van der Waals surface area contributed by atoms with Gasteiger partial charge in [-0.05, 0) is 61.2 Å². The van der Waals surface area contributed by atoms with Crippen LogP contribution in [0.25, 0.3) is 27.5 Å². The third-order valence-corrected chi connectivity index (χ3v) is 5.36. The summed E-state index contributed by atoms with van der Waals surface area (Å²) in [6, 6.07) is 25.2. The summed E-state index contributed by atoms with van der Waals surface area (Å²) in [5.74, 6) is 0.473. The second-order valence-electron chi connectivity index (χ2n) is 7.56. The number of nitrogens with zero attached hydrogens (tertiary/aromatic N) is 3. The van der Waals surface area contributed by atoms with Crippen LogP contribution in [0.2, 0.25) is 0 Å². The lowest BCUT2D eigenvalue weighted by molar-refractivity contribution is 0.102. The smallest absolute Gasteiger partial charge is 0.255 e. The van der Waals surface area contributed by atoms with Gasteiger partial charge in [0.05, 0.1) is 12.3 Å². The standard InChI is InChI=1S/C26H22N4O2/c1-3-32-20-11-6-10-19(15-20)26(31)27-22-16-24-23(14-17(22)2)28-30(29-24)25-13-7-9-18-8-4-5-12-21(18)25/h4-16H,3H2,1-2H3,(H,27,31). The molecule has 1 aromatic heterocycles. The van der Waals surface area contributed by atoms with Gasteiger partial charge in [-0.2, -0.15) is 0 Å². The van der Waals surface area contributed by atoms with E-state index in [1.54, 1.807) is 16.9 Å². The average molecular weight is 422 g/mol. The Hall–Kier alpha value is -4.19. The quantitative estimate of drug-likeness (QED) is 0.404. The van der Waals surface area contributed by atoms with Crippen molar-refractivity contribution in [2.24, 2.45) is 0 Å². The molecule has 4 aromatic carbocycles. The Kier molecular flexibility index (Phi) is 5.03. The van der Waals surface area contributed by atoms with E-state index in [1.807, 2.05) is 62.4 Å². The molecule has 0 spiro atoms. The van der Waals surface area contributed by atoms with E-state index in [1.165, 1.54) is 0 Å². The molecule has 0 unspecified atom stereocenters. The summed E-state index contributed by atoms with van der Waals surface area (Å²) in [6.07, 6.45) is 0. The first-order valence-corrected chi connectivity index (χ1v) is 10.5. The number of aryl methyl sites for hydroxylation is 1. The molecule has 5 aromatic rings. The van der Waals surface area contributed by atoms with E-state index in [-0.39, 0.29) is 5.91 Å². The van der Waals surface area contributed by atoms with E-state index >= 15 is 0 Å². The van der Waals surface area contributed by atoms with Crippen LogP contribution in [0.1, 0.15) is 22.8 Å². The Morgan fingerprint density at radius 1 is 0.938 bits per heavy atom. The molecule has 0 atom stereocenters. The van der Waals surface area contributed by atoms with Crippen LogP contribution in [0.3, 0.4) is 0 Å². The van der Waals surface area contributed by atoms with E-state index in [0.29, 0.717) is 29.1 Å². The summed E-state index contributed by atoms with van der Waals surface area (Å²) < 4.78 is 5.50. The van der Waals surface area contributed by atoms with E-state index in [2.05, 4.69) is 33.7 Å². The maximum Gasteiger partial charge on any atom is 0.255 e. The minimum absolute atomic E-state index is 0.199. The van der Waals surface area contributed by atoms with Crippen molar-refractivity contribution in [2.45, 2.75) is 13.8 Å². The lowest BCUT2D eigenvalue weighted by atomic mass is 10.1. The number of fused-ring (bicyclic) bond motifs is 2. The van der Waals surface area contributed by atoms with E-state index in [0.717, 1.165) is 27.5 Å². The Bertz CT molecular complexity index is 1450. The van der Waals surface area contributed by atoms with Gasteiger partial charge in [0.15, 0.2) is 0 Å². The second kappa shape index (κ2) is 8.15. The highest BCUT2D eigenvalue weighted by molar-refractivity contribution is 6.05. The highest BCUT2D eigenvalue weighted by Crippen LogP contribution is 2.26. The summed E-state index contributed by atoms with van der Waals surface area (Å²) in [4.78, 5) is 14.5. The molecule has 1 amide bonds. The summed E-state index contributed by atoms with van der Waals surface area (Å²) in [6.45, 7) is 4.41. The number of ether oxygens (including phenoxy) is 1. The van der Waals surface area contributed by atoms with Crippen molar-refractivity contribution in [3.8, 4) is 11.4 Å². The van der Waals surface area contributed by atoms with Crippen molar-refractivity contribution in [2.75, 3.05) is 11.9 Å². The molecule has 32 heavy (non-hydrogen) atoms. The van der Waals surface area contributed by atoms with Crippen molar-refractivity contribution < 1.29 is 9.53 Å². The van der Waals surface area contributed by atoms with Crippen LogP contribution in [0, 0.1) is 6.92 Å². The lowest BCUT2D eigenvalue weighted by Crippen LogP contribution is -2.13. The zero-order valence-electron chi connectivity index (χ0n) is 17.9.